The average molecular weight is 261 g/mol. The third-order valence-electron chi connectivity index (χ3n) is 3.14. The van der Waals surface area contributed by atoms with Crippen molar-refractivity contribution >= 4 is 17.6 Å². The van der Waals surface area contributed by atoms with Gasteiger partial charge in [0.15, 0.2) is 11.6 Å². The highest BCUT2D eigenvalue weighted by atomic mass is 16.3. The van der Waals surface area contributed by atoms with Crippen molar-refractivity contribution in [2.45, 2.75) is 18.9 Å². The number of aromatic hydroxyl groups is 1. The van der Waals surface area contributed by atoms with Gasteiger partial charge in [-0.1, -0.05) is 0 Å². The molecule has 6 N–H and O–H groups in total. The van der Waals surface area contributed by atoms with E-state index >= 15 is 0 Å². The SMILES string of the molecule is NC=C(C=NC1CCNCC1)c1cnc(N)c(O)c1. The molecule has 0 bridgehead atoms. The lowest BCUT2D eigenvalue weighted by Gasteiger charge is -2.18. The predicted molar refractivity (Wildman–Crippen MR) is 76.9 cm³/mol. The summed E-state index contributed by atoms with van der Waals surface area (Å²) in [6.45, 7) is 1.99. The minimum atomic E-state index is -0.0490. The zero-order chi connectivity index (χ0) is 13.7. The van der Waals surface area contributed by atoms with Gasteiger partial charge in [-0.3, -0.25) is 4.99 Å². The van der Waals surface area contributed by atoms with Gasteiger partial charge in [0.05, 0.1) is 6.04 Å². The van der Waals surface area contributed by atoms with Gasteiger partial charge in [0.1, 0.15) is 0 Å². The van der Waals surface area contributed by atoms with Crippen LogP contribution >= 0.6 is 0 Å². The molecule has 1 saturated heterocycles. The Morgan fingerprint density at radius 1 is 1.47 bits per heavy atom. The quantitative estimate of drug-likeness (QED) is 0.592. The van der Waals surface area contributed by atoms with Crippen LogP contribution in [0.15, 0.2) is 23.5 Å². The summed E-state index contributed by atoms with van der Waals surface area (Å²) in [5.41, 5.74) is 12.5. The van der Waals surface area contributed by atoms with E-state index in [4.69, 9.17) is 11.5 Å². The maximum Gasteiger partial charge on any atom is 0.165 e. The number of nitrogen functional groups attached to an aromatic ring is 1. The second-order valence-corrected chi connectivity index (χ2v) is 4.51. The average Bonchev–Trinajstić information content (AvgIpc) is 2.44. The number of hydrogen-bond donors (Lipinski definition) is 4. The van der Waals surface area contributed by atoms with E-state index in [0.29, 0.717) is 11.6 Å². The molecule has 1 aliphatic heterocycles. The topological polar surface area (TPSA) is 110 Å². The van der Waals surface area contributed by atoms with E-state index in [1.165, 1.54) is 12.3 Å². The van der Waals surface area contributed by atoms with E-state index < -0.39 is 0 Å². The molecule has 0 spiro atoms. The fraction of sp³-hybridized carbons (Fsp3) is 0.385. The number of piperidine rings is 1. The van der Waals surface area contributed by atoms with Crippen LogP contribution < -0.4 is 16.8 Å². The van der Waals surface area contributed by atoms with Crippen LogP contribution in [-0.4, -0.2) is 35.4 Å². The van der Waals surface area contributed by atoms with Crippen molar-refractivity contribution in [3.63, 3.8) is 0 Å². The summed E-state index contributed by atoms with van der Waals surface area (Å²) in [6.07, 6.45) is 6.82. The number of hydrogen-bond acceptors (Lipinski definition) is 6. The Morgan fingerprint density at radius 2 is 2.21 bits per heavy atom. The molecule has 0 saturated carbocycles. The Bertz CT molecular complexity index is 492. The van der Waals surface area contributed by atoms with E-state index in [-0.39, 0.29) is 11.6 Å². The first-order valence-electron chi connectivity index (χ1n) is 6.31. The fourth-order valence-corrected chi connectivity index (χ4v) is 1.98. The second-order valence-electron chi connectivity index (χ2n) is 4.51. The maximum absolute atomic E-state index is 9.55. The molecule has 1 aliphatic rings. The van der Waals surface area contributed by atoms with Gasteiger partial charge in [0.25, 0.3) is 0 Å². The number of aliphatic imine (C=N–C) groups is 1. The molecular weight excluding hydrogens is 242 g/mol. The van der Waals surface area contributed by atoms with Crippen LogP contribution in [0.5, 0.6) is 5.75 Å². The minimum absolute atomic E-state index is 0.0490. The van der Waals surface area contributed by atoms with Crippen molar-refractivity contribution in [3.05, 3.63) is 24.0 Å². The Hall–Kier alpha value is -2.08. The van der Waals surface area contributed by atoms with Crippen LogP contribution in [0.25, 0.3) is 5.57 Å². The molecule has 6 nitrogen and oxygen atoms in total. The Labute approximate surface area is 112 Å². The van der Waals surface area contributed by atoms with Gasteiger partial charge in [0, 0.05) is 29.7 Å². The van der Waals surface area contributed by atoms with Crippen LogP contribution in [0, 0.1) is 0 Å². The summed E-state index contributed by atoms with van der Waals surface area (Å²) in [7, 11) is 0. The van der Waals surface area contributed by atoms with Crippen molar-refractivity contribution in [1.82, 2.24) is 10.3 Å². The number of rotatable bonds is 3. The van der Waals surface area contributed by atoms with Crippen molar-refractivity contribution in [2.75, 3.05) is 18.8 Å². The molecule has 6 heteroatoms. The summed E-state index contributed by atoms with van der Waals surface area (Å²) in [5, 5.41) is 12.8. The lowest BCUT2D eigenvalue weighted by Crippen LogP contribution is -2.29. The largest absolute Gasteiger partial charge is 0.504 e. The third-order valence-corrected chi connectivity index (χ3v) is 3.14. The fourth-order valence-electron chi connectivity index (χ4n) is 1.98. The van der Waals surface area contributed by atoms with Crippen molar-refractivity contribution < 1.29 is 5.11 Å². The van der Waals surface area contributed by atoms with Gasteiger partial charge in [-0.2, -0.15) is 0 Å². The van der Waals surface area contributed by atoms with E-state index in [1.807, 2.05) is 0 Å². The first-order valence-corrected chi connectivity index (χ1v) is 6.31. The highest BCUT2D eigenvalue weighted by Gasteiger charge is 2.11. The van der Waals surface area contributed by atoms with Crippen LogP contribution in [-0.2, 0) is 0 Å². The van der Waals surface area contributed by atoms with E-state index in [2.05, 4.69) is 15.3 Å². The third kappa shape index (κ3) is 3.45. The van der Waals surface area contributed by atoms with Gasteiger partial charge >= 0.3 is 0 Å². The number of nitrogens with two attached hydrogens (primary N) is 2. The Balaban J connectivity index is 2.11. The van der Waals surface area contributed by atoms with E-state index in [9.17, 15) is 5.11 Å². The Kier molecular flexibility index (Phi) is 4.35. The highest BCUT2D eigenvalue weighted by molar-refractivity contribution is 6.09. The molecule has 0 radical (unpaired) electrons. The molecule has 2 rings (SSSR count). The first-order chi connectivity index (χ1) is 9.20. The van der Waals surface area contributed by atoms with E-state index in [0.717, 1.165) is 31.5 Å². The van der Waals surface area contributed by atoms with Crippen LogP contribution in [0.1, 0.15) is 18.4 Å². The van der Waals surface area contributed by atoms with Crippen molar-refractivity contribution in [1.29, 1.82) is 0 Å². The smallest absolute Gasteiger partial charge is 0.165 e. The standard InChI is InChI=1S/C13H19N5O/c14-6-10(8-17-11-1-3-16-4-2-11)9-5-12(19)13(15)18-7-9/h5-8,11,16,19H,1-4,14H2,(H2,15,18). The van der Waals surface area contributed by atoms with Crippen LogP contribution in [0.2, 0.25) is 0 Å². The molecule has 0 amide bonds. The van der Waals surface area contributed by atoms with Crippen molar-refractivity contribution in [3.8, 4) is 5.75 Å². The van der Waals surface area contributed by atoms with Crippen LogP contribution in [0.4, 0.5) is 5.82 Å². The molecule has 102 valence electrons. The van der Waals surface area contributed by atoms with Gasteiger partial charge in [0.2, 0.25) is 0 Å². The zero-order valence-corrected chi connectivity index (χ0v) is 10.7. The monoisotopic (exact) mass is 261 g/mol. The zero-order valence-electron chi connectivity index (χ0n) is 10.7. The van der Waals surface area contributed by atoms with Gasteiger partial charge in [-0.25, -0.2) is 4.98 Å². The lowest BCUT2D eigenvalue weighted by atomic mass is 10.1. The van der Waals surface area contributed by atoms with Gasteiger partial charge < -0.3 is 21.9 Å². The molecule has 2 heterocycles. The van der Waals surface area contributed by atoms with Gasteiger partial charge in [-0.05, 0) is 32.0 Å². The summed E-state index contributed by atoms with van der Waals surface area (Å²) in [6, 6.07) is 1.86. The highest BCUT2D eigenvalue weighted by Crippen LogP contribution is 2.21. The molecule has 1 aromatic heterocycles. The number of anilines is 1. The maximum atomic E-state index is 9.55. The molecule has 0 atom stereocenters. The molecule has 1 aromatic rings. The number of nitrogens with one attached hydrogen (secondary N) is 1. The summed E-state index contributed by atoms with van der Waals surface area (Å²) >= 11 is 0. The summed E-state index contributed by atoms with van der Waals surface area (Å²) in [5.74, 6) is 0.0579. The van der Waals surface area contributed by atoms with Crippen LogP contribution in [0.3, 0.4) is 0 Å². The molecule has 1 fully saturated rings. The minimum Gasteiger partial charge on any atom is -0.504 e. The van der Waals surface area contributed by atoms with E-state index in [1.54, 1.807) is 12.4 Å². The summed E-state index contributed by atoms with van der Waals surface area (Å²) < 4.78 is 0. The number of allylic oxidation sites excluding steroid dienone is 1. The number of nitrogens with zero attached hydrogens (tertiary/aromatic N) is 2. The predicted octanol–water partition coefficient (Wildman–Crippen LogP) is 0.492. The number of aromatic nitrogens is 1. The molecule has 0 aliphatic carbocycles. The molecular formula is C13H19N5O. The number of pyridine rings is 1. The normalized spacial score (nSPS) is 18.0. The van der Waals surface area contributed by atoms with Crippen molar-refractivity contribution in [2.24, 2.45) is 10.7 Å². The first kappa shape index (κ1) is 13.4. The second kappa shape index (κ2) is 6.19. The molecule has 19 heavy (non-hydrogen) atoms. The van der Waals surface area contributed by atoms with Gasteiger partial charge in [-0.15, -0.1) is 0 Å². The lowest BCUT2D eigenvalue weighted by molar-refractivity contribution is 0.461. The Morgan fingerprint density at radius 3 is 2.84 bits per heavy atom. The summed E-state index contributed by atoms with van der Waals surface area (Å²) in [4.78, 5) is 8.43. The molecule has 0 unspecified atom stereocenters. The molecule has 0 aromatic carbocycles.